The van der Waals surface area contributed by atoms with Gasteiger partial charge in [0.05, 0.1) is 5.69 Å². The van der Waals surface area contributed by atoms with Gasteiger partial charge < -0.3 is 15.2 Å². The number of phenolic OH excluding ortho intramolecular Hbond substituents is 1. The van der Waals surface area contributed by atoms with Crippen LogP contribution in [0.1, 0.15) is 16.7 Å². The number of anilines is 1. The fraction of sp³-hybridized carbons (Fsp3) is 0.0952. The number of hydrogen-bond acceptors (Lipinski definition) is 3. The molecular formula is C21H12F5NO3. The number of carbonyl (C=O) groups excluding carboxylic acids is 1. The van der Waals surface area contributed by atoms with Crippen LogP contribution < -0.4 is 10.1 Å². The molecule has 4 nitrogen and oxygen atoms in total. The lowest BCUT2D eigenvalue weighted by Crippen LogP contribution is -2.37. The lowest BCUT2D eigenvalue weighted by Gasteiger charge is -2.29. The summed E-state index contributed by atoms with van der Waals surface area (Å²) < 4.78 is 69.4. The molecular weight excluding hydrogens is 409 g/mol. The number of carbonyl (C=O) groups is 1. The molecule has 3 aromatic rings. The van der Waals surface area contributed by atoms with E-state index in [9.17, 15) is 31.9 Å². The smallest absolute Gasteiger partial charge is 0.508 e. The second-order valence-corrected chi connectivity index (χ2v) is 6.61. The van der Waals surface area contributed by atoms with Crippen molar-refractivity contribution >= 4 is 11.6 Å². The van der Waals surface area contributed by atoms with Gasteiger partial charge >= 0.3 is 6.36 Å². The summed E-state index contributed by atoms with van der Waals surface area (Å²) in [6.07, 6.45) is -4.89. The summed E-state index contributed by atoms with van der Waals surface area (Å²) >= 11 is 0. The maximum atomic E-state index is 14.4. The Labute approximate surface area is 166 Å². The number of halogens is 5. The molecule has 1 aliphatic rings. The lowest BCUT2D eigenvalue weighted by molar-refractivity contribution is -0.274. The van der Waals surface area contributed by atoms with E-state index in [-0.39, 0.29) is 22.6 Å². The molecule has 1 amide bonds. The summed E-state index contributed by atoms with van der Waals surface area (Å²) in [6.45, 7) is 0. The average Bonchev–Trinajstić information content (AvgIpc) is 2.98. The zero-order valence-corrected chi connectivity index (χ0v) is 14.9. The van der Waals surface area contributed by atoms with Gasteiger partial charge in [-0.25, -0.2) is 8.78 Å². The van der Waals surface area contributed by atoms with Gasteiger partial charge in [0.25, 0.3) is 0 Å². The van der Waals surface area contributed by atoms with Gasteiger partial charge in [0.1, 0.15) is 16.9 Å². The fourth-order valence-electron chi connectivity index (χ4n) is 3.67. The molecule has 2 N–H and O–H groups in total. The van der Waals surface area contributed by atoms with E-state index in [4.69, 9.17) is 0 Å². The van der Waals surface area contributed by atoms with Crippen molar-refractivity contribution in [3.8, 4) is 11.5 Å². The number of nitrogens with one attached hydrogen (secondary N) is 1. The molecule has 1 atom stereocenters. The topological polar surface area (TPSA) is 58.6 Å². The number of fused-ring (bicyclic) bond motifs is 1. The second-order valence-electron chi connectivity index (χ2n) is 6.61. The third-order valence-electron chi connectivity index (χ3n) is 4.90. The number of ether oxygens (including phenoxy) is 1. The van der Waals surface area contributed by atoms with Crippen LogP contribution in [0.4, 0.5) is 27.6 Å². The number of benzene rings is 3. The molecule has 0 saturated heterocycles. The van der Waals surface area contributed by atoms with Gasteiger partial charge in [-0.1, -0.05) is 30.3 Å². The van der Waals surface area contributed by atoms with Crippen LogP contribution in [0.2, 0.25) is 0 Å². The first-order valence-corrected chi connectivity index (χ1v) is 8.58. The number of rotatable bonds is 3. The molecule has 30 heavy (non-hydrogen) atoms. The lowest BCUT2D eigenvalue weighted by atomic mass is 9.70. The van der Waals surface area contributed by atoms with Crippen LogP contribution in [0.5, 0.6) is 11.5 Å². The maximum absolute atomic E-state index is 14.4. The van der Waals surface area contributed by atoms with Crippen molar-refractivity contribution in [3.63, 3.8) is 0 Å². The third-order valence-corrected chi connectivity index (χ3v) is 4.90. The highest BCUT2D eigenvalue weighted by Crippen LogP contribution is 2.49. The molecule has 1 unspecified atom stereocenters. The highest BCUT2D eigenvalue weighted by molar-refractivity contribution is 6.11. The first-order chi connectivity index (χ1) is 14.1. The van der Waals surface area contributed by atoms with Gasteiger partial charge in [-0.15, -0.1) is 13.2 Å². The summed E-state index contributed by atoms with van der Waals surface area (Å²) in [5, 5.41) is 11.9. The highest BCUT2D eigenvalue weighted by Gasteiger charge is 2.51. The molecule has 1 heterocycles. The Hall–Kier alpha value is -3.62. The minimum absolute atomic E-state index is 0.0848. The summed E-state index contributed by atoms with van der Waals surface area (Å²) in [7, 11) is 0. The van der Waals surface area contributed by atoms with Gasteiger partial charge in [0.2, 0.25) is 5.91 Å². The van der Waals surface area contributed by atoms with Crippen LogP contribution in [0.25, 0.3) is 0 Å². The van der Waals surface area contributed by atoms with E-state index in [1.165, 1.54) is 42.5 Å². The summed E-state index contributed by atoms with van der Waals surface area (Å²) in [6, 6.07) is 12.1. The monoisotopic (exact) mass is 421 g/mol. The molecule has 0 bridgehead atoms. The average molecular weight is 421 g/mol. The summed E-state index contributed by atoms with van der Waals surface area (Å²) in [4.78, 5) is 13.1. The van der Waals surface area contributed by atoms with Gasteiger partial charge in [-0.2, -0.15) is 0 Å². The van der Waals surface area contributed by atoms with Gasteiger partial charge in [-0.05, 0) is 41.5 Å². The Kier molecular flexibility index (Phi) is 4.41. The predicted molar refractivity (Wildman–Crippen MR) is 96.1 cm³/mol. The Bertz CT molecular complexity index is 1130. The minimum Gasteiger partial charge on any atom is -0.508 e. The van der Waals surface area contributed by atoms with Crippen molar-refractivity contribution in [2.24, 2.45) is 0 Å². The number of hydrogen-bond donors (Lipinski definition) is 2. The van der Waals surface area contributed by atoms with Crippen LogP contribution in [0.3, 0.4) is 0 Å². The van der Waals surface area contributed by atoms with Crippen LogP contribution in [-0.2, 0) is 10.2 Å². The molecule has 9 heteroatoms. The van der Waals surface area contributed by atoms with E-state index >= 15 is 0 Å². The Morgan fingerprint density at radius 2 is 1.43 bits per heavy atom. The maximum Gasteiger partial charge on any atom is 0.573 e. The zero-order valence-electron chi connectivity index (χ0n) is 14.9. The molecule has 0 aliphatic carbocycles. The number of amides is 1. The highest BCUT2D eigenvalue weighted by atomic mass is 19.4. The molecule has 0 spiro atoms. The molecule has 0 aromatic heterocycles. The van der Waals surface area contributed by atoms with Crippen molar-refractivity contribution in [1.29, 1.82) is 0 Å². The van der Waals surface area contributed by atoms with Crippen LogP contribution in [0.15, 0.2) is 60.7 Å². The van der Waals surface area contributed by atoms with Crippen molar-refractivity contribution in [2.75, 3.05) is 5.32 Å². The number of phenols is 1. The Morgan fingerprint density at radius 3 is 2.00 bits per heavy atom. The van der Waals surface area contributed by atoms with Crippen LogP contribution in [0, 0.1) is 11.6 Å². The Morgan fingerprint density at radius 1 is 0.867 bits per heavy atom. The molecule has 4 rings (SSSR count). The van der Waals surface area contributed by atoms with E-state index in [1.807, 2.05) is 0 Å². The van der Waals surface area contributed by atoms with Crippen molar-refractivity contribution in [3.05, 3.63) is 89.0 Å². The summed E-state index contributed by atoms with van der Waals surface area (Å²) in [5.74, 6) is -3.73. The predicted octanol–water partition coefficient (Wildman–Crippen LogP) is 4.86. The van der Waals surface area contributed by atoms with Crippen molar-refractivity contribution in [1.82, 2.24) is 0 Å². The molecule has 154 valence electrons. The minimum atomic E-state index is -4.89. The quantitative estimate of drug-likeness (QED) is 0.595. The van der Waals surface area contributed by atoms with Gasteiger partial charge in [0, 0.05) is 5.56 Å². The Balaban J connectivity index is 1.95. The summed E-state index contributed by atoms with van der Waals surface area (Å²) in [5.41, 5.74) is -1.46. The molecule has 1 aliphatic heterocycles. The molecule has 3 aromatic carbocycles. The van der Waals surface area contributed by atoms with E-state index in [0.29, 0.717) is 5.56 Å². The van der Waals surface area contributed by atoms with Gasteiger partial charge in [-0.3, -0.25) is 4.79 Å². The second kappa shape index (κ2) is 6.72. The molecule has 0 radical (unpaired) electrons. The SMILES string of the molecule is O=C1Nc2c(ccc(F)c2F)C1(c1ccc(O)cc1)c1ccc(OC(F)(F)F)cc1. The van der Waals surface area contributed by atoms with Crippen molar-refractivity contribution in [2.45, 2.75) is 11.8 Å². The zero-order chi connectivity index (χ0) is 21.7. The van der Waals surface area contributed by atoms with E-state index in [2.05, 4.69) is 10.1 Å². The number of aromatic hydroxyl groups is 1. The first-order valence-electron chi connectivity index (χ1n) is 8.58. The molecule has 0 saturated carbocycles. The van der Waals surface area contributed by atoms with Crippen molar-refractivity contribution < 1.29 is 36.6 Å². The van der Waals surface area contributed by atoms with E-state index in [1.54, 1.807) is 0 Å². The normalized spacial score (nSPS) is 18.1. The first kappa shape index (κ1) is 19.7. The van der Waals surface area contributed by atoms with Gasteiger partial charge in [0.15, 0.2) is 11.6 Å². The largest absolute Gasteiger partial charge is 0.573 e. The van der Waals surface area contributed by atoms with Crippen LogP contribution in [-0.4, -0.2) is 17.4 Å². The van der Waals surface area contributed by atoms with Crippen LogP contribution >= 0.6 is 0 Å². The fourth-order valence-corrected chi connectivity index (χ4v) is 3.67. The third kappa shape index (κ3) is 3.02. The van der Waals surface area contributed by atoms with E-state index < -0.39 is 35.1 Å². The number of alkyl halides is 3. The standard InChI is InChI=1S/C21H12F5NO3/c22-16-10-9-15-18(17(16)23)27-19(29)20(15,11-1-5-13(28)6-2-11)12-3-7-14(8-4-12)30-21(24,25)26/h1-10,28H,(H,27,29). The van der Waals surface area contributed by atoms with E-state index in [0.717, 1.165) is 18.2 Å². The molecule has 0 fully saturated rings.